The fourth-order valence-electron chi connectivity index (χ4n) is 3.03. The summed E-state index contributed by atoms with van der Waals surface area (Å²) in [4.78, 5) is 2.54. The highest BCUT2D eigenvalue weighted by molar-refractivity contribution is 5.29. The summed E-state index contributed by atoms with van der Waals surface area (Å²) in [5, 5.41) is 9.55. The number of aromatic hydroxyl groups is 1. The molecule has 1 fully saturated rings. The molecule has 1 saturated heterocycles. The molecular formula is C16H25NO. The quantitative estimate of drug-likeness (QED) is 0.870. The van der Waals surface area contributed by atoms with E-state index in [-0.39, 0.29) is 0 Å². The summed E-state index contributed by atoms with van der Waals surface area (Å²) in [6.45, 7) is 6.92. The molecule has 2 rings (SSSR count). The minimum Gasteiger partial charge on any atom is -0.508 e. The number of hydrogen-bond acceptors (Lipinski definition) is 2. The first-order valence-electron chi connectivity index (χ1n) is 7.23. The molecule has 0 saturated carbocycles. The summed E-state index contributed by atoms with van der Waals surface area (Å²) in [5.74, 6) is 1.31. The fraction of sp³-hybridized carbons (Fsp3) is 0.625. The van der Waals surface area contributed by atoms with Gasteiger partial charge in [0.1, 0.15) is 5.75 Å². The fourth-order valence-corrected chi connectivity index (χ4v) is 3.03. The minimum atomic E-state index is 0.375. The van der Waals surface area contributed by atoms with Gasteiger partial charge in [0.25, 0.3) is 0 Å². The number of hydrogen-bond donors (Lipinski definition) is 1. The largest absolute Gasteiger partial charge is 0.508 e. The summed E-state index contributed by atoms with van der Waals surface area (Å²) < 4.78 is 0. The van der Waals surface area contributed by atoms with Crippen LogP contribution < -0.4 is 0 Å². The molecule has 0 radical (unpaired) electrons. The molecule has 0 aromatic heterocycles. The molecule has 1 heterocycles. The van der Waals surface area contributed by atoms with Crippen LogP contribution in [0.5, 0.6) is 5.75 Å². The minimum absolute atomic E-state index is 0.375. The Morgan fingerprint density at radius 1 is 1.33 bits per heavy atom. The lowest BCUT2D eigenvalue weighted by atomic mass is 9.91. The lowest BCUT2D eigenvalue weighted by Gasteiger charge is -2.36. The maximum absolute atomic E-state index is 9.55. The second-order valence-electron chi connectivity index (χ2n) is 5.54. The van der Waals surface area contributed by atoms with Crippen LogP contribution in [0.4, 0.5) is 0 Å². The average molecular weight is 247 g/mol. The lowest BCUT2D eigenvalue weighted by Crippen LogP contribution is -2.35. The summed E-state index contributed by atoms with van der Waals surface area (Å²) in [7, 11) is 0. The number of phenolic OH excluding ortho intramolecular Hbond substituents is 1. The van der Waals surface area contributed by atoms with Gasteiger partial charge in [0.15, 0.2) is 0 Å². The van der Waals surface area contributed by atoms with Crippen LogP contribution in [0.15, 0.2) is 24.3 Å². The third-order valence-electron chi connectivity index (χ3n) is 4.25. The van der Waals surface area contributed by atoms with Crippen LogP contribution >= 0.6 is 0 Å². The predicted molar refractivity (Wildman–Crippen MR) is 75.7 cm³/mol. The van der Waals surface area contributed by atoms with Crippen molar-refractivity contribution in [2.24, 2.45) is 5.92 Å². The molecule has 0 aliphatic carbocycles. The summed E-state index contributed by atoms with van der Waals surface area (Å²) in [6, 6.07) is 8.10. The van der Waals surface area contributed by atoms with Crippen LogP contribution in [0.1, 0.15) is 51.1 Å². The van der Waals surface area contributed by atoms with Crippen molar-refractivity contribution in [2.75, 3.05) is 13.1 Å². The molecule has 2 nitrogen and oxygen atoms in total. The maximum atomic E-state index is 9.55. The van der Waals surface area contributed by atoms with Gasteiger partial charge in [-0.3, -0.25) is 4.90 Å². The van der Waals surface area contributed by atoms with Gasteiger partial charge in [0, 0.05) is 6.04 Å². The Morgan fingerprint density at radius 2 is 2.06 bits per heavy atom. The Labute approximate surface area is 111 Å². The van der Waals surface area contributed by atoms with Crippen molar-refractivity contribution in [2.45, 2.75) is 45.6 Å². The second-order valence-corrected chi connectivity index (χ2v) is 5.54. The predicted octanol–water partition coefficient (Wildman–Crippen LogP) is 3.97. The van der Waals surface area contributed by atoms with E-state index in [1.807, 2.05) is 12.1 Å². The van der Waals surface area contributed by atoms with Gasteiger partial charge in [-0.1, -0.05) is 31.9 Å². The maximum Gasteiger partial charge on any atom is 0.115 e. The van der Waals surface area contributed by atoms with Crippen molar-refractivity contribution >= 4 is 0 Å². The van der Waals surface area contributed by atoms with E-state index >= 15 is 0 Å². The molecule has 1 aromatic rings. The zero-order valence-corrected chi connectivity index (χ0v) is 11.6. The van der Waals surface area contributed by atoms with E-state index in [9.17, 15) is 5.11 Å². The van der Waals surface area contributed by atoms with E-state index in [0.717, 1.165) is 5.92 Å². The highest BCUT2D eigenvalue weighted by Crippen LogP contribution is 2.29. The Bertz CT molecular complexity index is 369. The van der Waals surface area contributed by atoms with Gasteiger partial charge < -0.3 is 5.11 Å². The Kier molecular flexibility index (Phi) is 4.65. The molecule has 100 valence electrons. The molecule has 1 aromatic carbocycles. The topological polar surface area (TPSA) is 23.5 Å². The first-order valence-corrected chi connectivity index (χ1v) is 7.23. The molecule has 1 aliphatic rings. The number of likely N-dealkylation sites (tertiary alicyclic amines) is 1. The van der Waals surface area contributed by atoms with Gasteiger partial charge in [0.05, 0.1) is 0 Å². The molecule has 1 unspecified atom stereocenters. The van der Waals surface area contributed by atoms with Gasteiger partial charge in [-0.25, -0.2) is 0 Å². The molecule has 1 aliphatic heterocycles. The third kappa shape index (κ3) is 3.26. The average Bonchev–Trinajstić information content (AvgIpc) is 2.39. The zero-order valence-electron chi connectivity index (χ0n) is 11.6. The molecule has 1 atom stereocenters. The summed E-state index contributed by atoms with van der Waals surface area (Å²) >= 11 is 0. The van der Waals surface area contributed by atoms with Crippen molar-refractivity contribution < 1.29 is 5.11 Å². The van der Waals surface area contributed by atoms with E-state index in [1.165, 1.54) is 44.3 Å². The van der Waals surface area contributed by atoms with Gasteiger partial charge in [-0.05, 0) is 56.5 Å². The van der Waals surface area contributed by atoms with Crippen molar-refractivity contribution in [3.8, 4) is 5.75 Å². The Balaban J connectivity index is 1.93. The van der Waals surface area contributed by atoms with Crippen LogP contribution in [0.2, 0.25) is 0 Å². The van der Waals surface area contributed by atoms with Crippen LogP contribution in [0.3, 0.4) is 0 Å². The van der Waals surface area contributed by atoms with E-state index in [4.69, 9.17) is 0 Å². The summed E-state index contributed by atoms with van der Waals surface area (Å²) in [6.07, 6.45) is 5.36. The van der Waals surface area contributed by atoms with E-state index in [2.05, 4.69) is 24.8 Å². The SMILES string of the molecule is CCCC1CCN(C(C)c2cccc(O)c2)CC1. The molecule has 0 bridgehead atoms. The number of phenols is 1. The Morgan fingerprint density at radius 3 is 2.67 bits per heavy atom. The number of benzene rings is 1. The second kappa shape index (κ2) is 6.24. The van der Waals surface area contributed by atoms with Crippen LogP contribution in [-0.4, -0.2) is 23.1 Å². The number of nitrogens with zero attached hydrogens (tertiary/aromatic N) is 1. The van der Waals surface area contributed by atoms with Crippen LogP contribution in [0.25, 0.3) is 0 Å². The van der Waals surface area contributed by atoms with Gasteiger partial charge in [-0.2, -0.15) is 0 Å². The lowest BCUT2D eigenvalue weighted by molar-refractivity contribution is 0.137. The van der Waals surface area contributed by atoms with Crippen molar-refractivity contribution in [3.05, 3.63) is 29.8 Å². The van der Waals surface area contributed by atoms with Gasteiger partial charge in [0.2, 0.25) is 0 Å². The summed E-state index contributed by atoms with van der Waals surface area (Å²) in [5.41, 5.74) is 1.23. The molecule has 0 amide bonds. The molecule has 1 N–H and O–H groups in total. The standard InChI is InChI=1S/C16H25NO/c1-3-5-14-8-10-17(11-9-14)13(2)15-6-4-7-16(18)12-15/h4,6-7,12-14,18H,3,5,8-11H2,1-2H3. The van der Waals surface area contributed by atoms with Crippen molar-refractivity contribution in [1.29, 1.82) is 0 Å². The normalized spacial score (nSPS) is 19.9. The number of rotatable bonds is 4. The van der Waals surface area contributed by atoms with Crippen molar-refractivity contribution in [3.63, 3.8) is 0 Å². The highest BCUT2D eigenvalue weighted by Gasteiger charge is 2.22. The van der Waals surface area contributed by atoms with Gasteiger partial charge >= 0.3 is 0 Å². The van der Waals surface area contributed by atoms with E-state index in [0.29, 0.717) is 11.8 Å². The molecule has 18 heavy (non-hydrogen) atoms. The van der Waals surface area contributed by atoms with Crippen LogP contribution in [0, 0.1) is 5.92 Å². The first kappa shape index (κ1) is 13.4. The van der Waals surface area contributed by atoms with Crippen LogP contribution in [-0.2, 0) is 0 Å². The smallest absolute Gasteiger partial charge is 0.115 e. The molecular weight excluding hydrogens is 222 g/mol. The number of piperidine rings is 1. The molecule has 2 heteroatoms. The highest BCUT2D eigenvalue weighted by atomic mass is 16.3. The molecule has 0 spiro atoms. The first-order chi connectivity index (χ1) is 8.70. The monoisotopic (exact) mass is 247 g/mol. The van der Waals surface area contributed by atoms with Gasteiger partial charge in [-0.15, -0.1) is 0 Å². The Hall–Kier alpha value is -1.02. The third-order valence-corrected chi connectivity index (χ3v) is 4.25. The van der Waals surface area contributed by atoms with E-state index in [1.54, 1.807) is 6.07 Å². The zero-order chi connectivity index (χ0) is 13.0. The van der Waals surface area contributed by atoms with E-state index < -0.39 is 0 Å². The van der Waals surface area contributed by atoms with Crippen molar-refractivity contribution in [1.82, 2.24) is 4.90 Å².